The molecule has 180 valence electrons. The van der Waals surface area contributed by atoms with Gasteiger partial charge in [-0.2, -0.15) is 0 Å². The number of sulfone groups is 1. The molecule has 1 heterocycles. The molecule has 0 spiro atoms. The third kappa shape index (κ3) is 5.14. The fraction of sp³-hybridized carbons (Fsp3) is 0.400. The van der Waals surface area contributed by atoms with Gasteiger partial charge >= 0.3 is 0 Å². The molecule has 1 saturated carbocycles. The van der Waals surface area contributed by atoms with Gasteiger partial charge in [-0.3, -0.25) is 14.5 Å². The fourth-order valence-corrected chi connectivity index (χ4v) is 5.09. The van der Waals surface area contributed by atoms with E-state index in [4.69, 9.17) is 5.73 Å². The molecule has 0 aromatic heterocycles. The van der Waals surface area contributed by atoms with E-state index in [0.717, 1.165) is 24.7 Å². The number of aliphatic imine (C=N–C) groups is 1. The molecule has 1 fully saturated rings. The molecule has 0 radical (unpaired) electrons. The van der Waals surface area contributed by atoms with Crippen molar-refractivity contribution in [2.24, 2.45) is 16.6 Å². The van der Waals surface area contributed by atoms with Gasteiger partial charge in [0.05, 0.1) is 29.4 Å². The minimum absolute atomic E-state index is 0.00491. The number of carbonyl (C=O) groups is 2. The number of nitrogens with zero attached hydrogens (tertiary/aromatic N) is 2. The predicted molar refractivity (Wildman–Crippen MR) is 130 cm³/mol. The summed E-state index contributed by atoms with van der Waals surface area (Å²) in [5.74, 6) is -0.0712. The highest BCUT2D eigenvalue weighted by atomic mass is 32.2. The van der Waals surface area contributed by atoms with Gasteiger partial charge in [0.2, 0.25) is 5.91 Å². The second-order valence-electron chi connectivity index (χ2n) is 9.50. The molecule has 0 saturated heterocycles. The number of amides is 2. The molecule has 8 nitrogen and oxygen atoms in total. The van der Waals surface area contributed by atoms with E-state index in [1.807, 2.05) is 44.2 Å². The molecule has 34 heavy (non-hydrogen) atoms. The third-order valence-corrected chi connectivity index (χ3v) is 7.65. The van der Waals surface area contributed by atoms with E-state index in [1.165, 1.54) is 17.0 Å². The van der Waals surface area contributed by atoms with Crippen molar-refractivity contribution < 1.29 is 18.0 Å². The molecule has 1 aliphatic carbocycles. The summed E-state index contributed by atoms with van der Waals surface area (Å²) in [6.07, 6.45) is 3.42. The van der Waals surface area contributed by atoms with Crippen LogP contribution in [0.4, 0.5) is 0 Å². The van der Waals surface area contributed by atoms with Gasteiger partial charge in [0.1, 0.15) is 0 Å². The van der Waals surface area contributed by atoms with Crippen molar-refractivity contribution in [2.45, 2.75) is 56.1 Å². The van der Waals surface area contributed by atoms with Gasteiger partial charge in [-0.05, 0) is 61.9 Å². The van der Waals surface area contributed by atoms with Crippen LogP contribution in [0.15, 0.2) is 58.4 Å². The molecule has 4 rings (SSSR count). The van der Waals surface area contributed by atoms with Crippen LogP contribution in [0.2, 0.25) is 0 Å². The summed E-state index contributed by atoms with van der Waals surface area (Å²) in [5.41, 5.74) is 7.30. The molecule has 3 N–H and O–H groups in total. The highest BCUT2D eigenvalue weighted by Crippen LogP contribution is 2.45. The Labute approximate surface area is 200 Å². The Morgan fingerprint density at radius 3 is 2.50 bits per heavy atom. The molecule has 9 heteroatoms. The highest BCUT2D eigenvalue weighted by Gasteiger charge is 2.46. The van der Waals surface area contributed by atoms with Crippen molar-refractivity contribution in [2.75, 3.05) is 6.26 Å². The lowest BCUT2D eigenvalue weighted by atomic mass is 9.90. The first-order valence-corrected chi connectivity index (χ1v) is 13.2. The number of carbonyl (C=O) groups excluding carboxylic acids is 2. The molecule has 0 bridgehead atoms. The van der Waals surface area contributed by atoms with E-state index in [0.29, 0.717) is 11.5 Å². The van der Waals surface area contributed by atoms with E-state index in [2.05, 4.69) is 10.3 Å². The number of rotatable bonds is 7. The molecule has 2 aromatic carbocycles. The maximum Gasteiger partial charge on any atom is 0.251 e. The van der Waals surface area contributed by atoms with Crippen molar-refractivity contribution >= 4 is 27.6 Å². The van der Waals surface area contributed by atoms with E-state index in [-0.39, 0.29) is 41.3 Å². The van der Waals surface area contributed by atoms with Crippen molar-refractivity contribution in [1.82, 2.24) is 10.2 Å². The molecule has 2 amide bonds. The van der Waals surface area contributed by atoms with Gasteiger partial charge in [0.15, 0.2) is 15.8 Å². The zero-order valence-electron chi connectivity index (χ0n) is 19.6. The van der Waals surface area contributed by atoms with Crippen LogP contribution in [0.1, 0.15) is 60.6 Å². The van der Waals surface area contributed by atoms with Crippen LogP contribution in [0, 0.1) is 5.92 Å². The van der Waals surface area contributed by atoms with Gasteiger partial charge in [-0.1, -0.05) is 30.3 Å². The lowest BCUT2D eigenvalue weighted by molar-refractivity contribution is -0.130. The number of nitrogens with two attached hydrogens (primary N) is 1. The van der Waals surface area contributed by atoms with E-state index in [9.17, 15) is 18.0 Å². The first kappa shape index (κ1) is 23.9. The van der Waals surface area contributed by atoms with Crippen LogP contribution in [0.25, 0.3) is 0 Å². The summed E-state index contributed by atoms with van der Waals surface area (Å²) in [4.78, 5) is 31.9. The highest BCUT2D eigenvalue weighted by molar-refractivity contribution is 7.90. The topological polar surface area (TPSA) is 122 Å². The molecule has 2 atom stereocenters. The Morgan fingerprint density at radius 1 is 1.24 bits per heavy atom. The van der Waals surface area contributed by atoms with Crippen LogP contribution >= 0.6 is 0 Å². The minimum atomic E-state index is -3.60. The van der Waals surface area contributed by atoms with Crippen molar-refractivity contribution in [3.8, 4) is 0 Å². The normalized spacial score (nSPS) is 21.7. The Morgan fingerprint density at radius 2 is 1.91 bits per heavy atom. The van der Waals surface area contributed by atoms with Crippen molar-refractivity contribution in [1.29, 1.82) is 0 Å². The van der Waals surface area contributed by atoms with Crippen LogP contribution in [-0.2, 0) is 21.2 Å². The molecule has 2 aliphatic rings. The SMILES string of the molecule is CC(NC(=O)c1cc(CN2C(=O)CC(C)(C3CC3)N=C2N)cc(S(C)(=O)=O)c1)c1ccccc1. The van der Waals surface area contributed by atoms with Gasteiger partial charge in [-0.25, -0.2) is 13.4 Å². The van der Waals surface area contributed by atoms with Crippen LogP contribution in [0.3, 0.4) is 0 Å². The van der Waals surface area contributed by atoms with Gasteiger partial charge in [0, 0.05) is 11.8 Å². The van der Waals surface area contributed by atoms with Crippen molar-refractivity contribution in [3.63, 3.8) is 0 Å². The smallest absolute Gasteiger partial charge is 0.251 e. The van der Waals surface area contributed by atoms with Crippen LogP contribution < -0.4 is 11.1 Å². The Bertz CT molecular complexity index is 1250. The summed E-state index contributed by atoms with van der Waals surface area (Å²) in [6, 6.07) is 13.6. The zero-order valence-corrected chi connectivity index (χ0v) is 20.4. The lowest BCUT2D eigenvalue weighted by Gasteiger charge is -2.35. The second-order valence-corrected chi connectivity index (χ2v) is 11.5. The molecule has 2 unspecified atom stereocenters. The number of benzene rings is 2. The maximum absolute atomic E-state index is 13.0. The average molecular weight is 483 g/mol. The Hall–Kier alpha value is -3.20. The van der Waals surface area contributed by atoms with Gasteiger partial charge in [0.25, 0.3) is 5.91 Å². The average Bonchev–Trinajstić information content (AvgIpc) is 3.62. The monoisotopic (exact) mass is 482 g/mol. The summed E-state index contributed by atoms with van der Waals surface area (Å²) in [5, 5.41) is 2.91. The van der Waals surface area contributed by atoms with Crippen LogP contribution in [-0.4, -0.2) is 42.9 Å². The zero-order chi connectivity index (χ0) is 24.7. The summed E-state index contributed by atoms with van der Waals surface area (Å²) in [7, 11) is -3.60. The fourth-order valence-electron chi connectivity index (χ4n) is 4.39. The number of hydrogen-bond acceptors (Lipinski definition) is 6. The second kappa shape index (κ2) is 8.87. The van der Waals surface area contributed by atoms with E-state index < -0.39 is 21.3 Å². The first-order chi connectivity index (χ1) is 16.0. The van der Waals surface area contributed by atoms with Crippen molar-refractivity contribution in [3.05, 3.63) is 65.2 Å². The predicted octanol–water partition coefficient (Wildman–Crippen LogP) is 2.80. The standard InChI is InChI=1S/C25H30N4O4S/c1-16(18-7-5-4-6-8-18)27-23(31)19-11-17(12-21(13-19)34(3,32)33)15-29-22(30)14-25(2,20-9-10-20)28-24(29)26/h4-8,11-13,16,20H,9-10,14-15H2,1-3H3,(H2,26,28)(H,27,31). The molecule has 1 aliphatic heterocycles. The molecular weight excluding hydrogens is 452 g/mol. The summed E-state index contributed by atoms with van der Waals surface area (Å²) >= 11 is 0. The summed E-state index contributed by atoms with van der Waals surface area (Å²) in [6.45, 7) is 3.84. The summed E-state index contributed by atoms with van der Waals surface area (Å²) < 4.78 is 24.7. The number of nitrogens with one attached hydrogen (secondary N) is 1. The lowest BCUT2D eigenvalue weighted by Crippen LogP contribution is -2.50. The number of hydrogen-bond donors (Lipinski definition) is 2. The molecular formula is C25H30N4O4S. The van der Waals surface area contributed by atoms with E-state index >= 15 is 0 Å². The van der Waals surface area contributed by atoms with Gasteiger partial charge < -0.3 is 11.1 Å². The molecule has 2 aromatic rings. The Kier molecular flexibility index (Phi) is 6.24. The van der Waals surface area contributed by atoms with Gasteiger partial charge in [-0.15, -0.1) is 0 Å². The third-order valence-electron chi connectivity index (χ3n) is 6.56. The van der Waals surface area contributed by atoms with E-state index in [1.54, 1.807) is 6.07 Å². The first-order valence-electron chi connectivity index (χ1n) is 11.3. The minimum Gasteiger partial charge on any atom is -0.369 e. The van der Waals surface area contributed by atoms with Crippen LogP contribution in [0.5, 0.6) is 0 Å². The quantitative estimate of drug-likeness (QED) is 0.628. The number of guanidine groups is 1. The maximum atomic E-state index is 13.0. The Balaban J connectivity index is 1.61. The largest absolute Gasteiger partial charge is 0.369 e.